The Labute approximate surface area is 170 Å². The summed E-state index contributed by atoms with van der Waals surface area (Å²) in [5.74, 6) is 0.711. The van der Waals surface area contributed by atoms with Gasteiger partial charge in [0.05, 0.1) is 0 Å². The monoisotopic (exact) mass is 394 g/mol. The van der Waals surface area contributed by atoms with Gasteiger partial charge in [0, 0.05) is 10.6 Å². The van der Waals surface area contributed by atoms with Crippen molar-refractivity contribution in [1.82, 2.24) is 0 Å². The lowest BCUT2D eigenvalue weighted by atomic mass is 9.99. The molecular formula is C23H23ClN2O2. The summed E-state index contributed by atoms with van der Waals surface area (Å²) in [6.07, 6.45) is 8.44. The Kier molecular flexibility index (Phi) is 8.76. The van der Waals surface area contributed by atoms with Gasteiger partial charge in [0.2, 0.25) is 6.41 Å². The predicted octanol–water partition coefficient (Wildman–Crippen LogP) is 5.30. The van der Waals surface area contributed by atoms with E-state index in [1.165, 1.54) is 0 Å². The van der Waals surface area contributed by atoms with Gasteiger partial charge < -0.3 is 10.5 Å². The first-order valence-electron chi connectivity index (χ1n) is 8.84. The van der Waals surface area contributed by atoms with Crippen LogP contribution in [-0.2, 0) is 16.1 Å². The molecule has 144 valence electrons. The van der Waals surface area contributed by atoms with Crippen LogP contribution in [0.2, 0.25) is 5.02 Å². The summed E-state index contributed by atoms with van der Waals surface area (Å²) in [4.78, 5) is 12.9. The maximum atomic E-state index is 8.58. The molecule has 1 amide bonds. The second-order valence-corrected chi connectivity index (χ2v) is 6.35. The molecule has 0 bridgehead atoms. The van der Waals surface area contributed by atoms with Crippen LogP contribution >= 0.6 is 11.6 Å². The highest BCUT2D eigenvalue weighted by Gasteiger charge is 2.16. The van der Waals surface area contributed by atoms with E-state index in [0.29, 0.717) is 17.4 Å². The summed E-state index contributed by atoms with van der Waals surface area (Å²) in [5, 5.41) is 0.666. The van der Waals surface area contributed by atoms with Gasteiger partial charge in [-0.05, 0) is 42.8 Å². The number of allylic oxidation sites excluding steroid dienone is 4. The highest BCUT2D eigenvalue weighted by atomic mass is 35.5. The molecule has 0 heterocycles. The Morgan fingerprint density at radius 3 is 2.57 bits per heavy atom. The maximum absolute atomic E-state index is 8.58. The zero-order valence-electron chi connectivity index (χ0n) is 15.6. The van der Waals surface area contributed by atoms with E-state index in [4.69, 9.17) is 21.1 Å². The number of nitrogens with zero attached hydrogens (tertiary/aromatic N) is 1. The van der Waals surface area contributed by atoms with E-state index in [0.717, 1.165) is 35.2 Å². The minimum Gasteiger partial charge on any atom is -0.486 e. The number of amides is 1. The van der Waals surface area contributed by atoms with Crippen molar-refractivity contribution in [3.8, 4) is 0 Å². The van der Waals surface area contributed by atoms with Gasteiger partial charge >= 0.3 is 0 Å². The van der Waals surface area contributed by atoms with Crippen molar-refractivity contribution in [2.45, 2.75) is 19.4 Å². The van der Waals surface area contributed by atoms with E-state index >= 15 is 0 Å². The van der Waals surface area contributed by atoms with Crippen LogP contribution in [0.4, 0.5) is 0 Å². The lowest BCUT2D eigenvalue weighted by molar-refractivity contribution is -0.106. The van der Waals surface area contributed by atoms with Crippen LogP contribution < -0.4 is 5.73 Å². The van der Waals surface area contributed by atoms with Crippen LogP contribution in [0.3, 0.4) is 0 Å². The van der Waals surface area contributed by atoms with Crippen molar-refractivity contribution in [2.75, 3.05) is 0 Å². The van der Waals surface area contributed by atoms with Crippen molar-refractivity contribution in [2.24, 2.45) is 10.7 Å². The summed E-state index contributed by atoms with van der Waals surface area (Å²) in [6.45, 7) is 4.24. The molecular weight excluding hydrogens is 372 g/mol. The molecule has 0 atom stereocenters. The molecule has 0 fully saturated rings. The van der Waals surface area contributed by atoms with Crippen molar-refractivity contribution in [3.63, 3.8) is 0 Å². The Bertz CT molecular complexity index is 886. The molecule has 1 aliphatic carbocycles. The van der Waals surface area contributed by atoms with Gasteiger partial charge in [-0.2, -0.15) is 0 Å². The largest absolute Gasteiger partial charge is 0.486 e. The molecule has 1 aliphatic rings. The summed E-state index contributed by atoms with van der Waals surface area (Å²) < 4.78 is 6.20. The standard InChI is InChI=1S/C22H20ClNO.CH3NO/c1-24-21(18-11-6-3-7-12-18)22(19-13-8-14-20(23)15-19)25-16-17-9-4-2-5-10-17;2-1-3/h2-6,8-11,13-15H,1,7,12,16H2;1H,(H2,2,3)/b22-21-;. The molecule has 4 nitrogen and oxygen atoms in total. The highest BCUT2D eigenvalue weighted by Crippen LogP contribution is 2.31. The highest BCUT2D eigenvalue weighted by molar-refractivity contribution is 6.30. The van der Waals surface area contributed by atoms with E-state index < -0.39 is 0 Å². The summed E-state index contributed by atoms with van der Waals surface area (Å²) in [5.41, 5.74) is 8.08. The maximum Gasteiger partial charge on any atom is 0.204 e. The minimum atomic E-state index is 0.250. The molecule has 0 aliphatic heterocycles. The number of primary amides is 1. The molecule has 0 radical (unpaired) electrons. The Morgan fingerprint density at radius 1 is 1.21 bits per heavy atom. The third-order valence-corrected chi connectivity index (χ3v) is 4.24. The van der Waals surface area contributed by atoms with E-state index in [2.05, 4.69) is 35.7 Å². The fourth-order valence-electron chi connectivity index (χ4n) is 2.77. The summed E-state index contributed by atoms with van der Waals surface area (Å²) >= 11 is 6.19. The van der Waals surface area contributed by atoms with Crippen molar-refractivity contribution in [3.05, 3.63) is 100 Å². The topological polar surface area (TPSA) is 64.7 Å². The van der Waals surface area contributed by atoms with Gasteiger partial charge in [0.15, 0.2) is 5.76 Å². The number of carbonyl (C=O) groups excluding carboxylic acids is 1. The first kappa shape index (κ1) is 21.2. The van der Waals surface area contributed by atoms with Gasteiger partial charge in [-0.1, -0.05) is 72.3 Å². The van der Waals surface area contributed by atoms with E-state index in [-0.39, 0.29) is 6.41 Å². The quantitative estimate of drug-likeness (QED) is 0.410. The Hall–Kier alpha value is -3.11. The van der Waals surface area contributed by atoms with Crippen LogP contribution in [0.25, 0.3) is 5.76 Å². The number of halogens is 1. The third-order valence-electron chi connectivity index (χ3n) is 4.00. The number of hydrogen-bond acceptors (Lipinski definition) is 3. The first-order chi connectivity index (χ1) is 13.7. The second-order valence-electron chi connectivity index (χ2n) is 5.92. The van der Waals surface area contributed by atoms with Crippen LogP contribution in [0.1, 0.15) is 24.0 Å². The molecule has 0 unspecified atom stereocenters. The number of benzene rings is 2. The van der Waals surface area contributed by atoms with Gasteiger partial charge in [-0.3, -0.25) is 9.79 Å². The zero-order valence-corrected chi connectivity index (χ0v) is 16.3. The van der Waals surface area contributed by atoms with Crippen molar-refractivity contribution < 1.29 is 9.53 Å². The smallest absolute Gasteiger partial charge is 0.204 e. The number of aliphatic imine (C=N–C) groups is 1. The molecule has 3 rings (SSSR count). The molecule has 0 saturated heterocycles. The number of carbonyl (C=O) groups is 1. The van der Waals surface area contributed by atoms with Crippen molar-refractivity contribution >= 4 is 30.5 Å². The second kappa shape index (κ2) is 11.6. The van der Waals surface area contributed by atoms with Gasteiger partial charge in [-0.25, -0.2) is 0 Å². The van der Waals surface area contributed by atoms with Crippen molar-refractivity contribution in [1.29, 1.82) is 0 Å². The van der Waals surface area contributed by atoms with Crippen LogP contribution in [-0.4, -0.2) is 13.1 Å². The Morgan fingerprint density at radius 2 is 1.96 bits per heavy atom. The van der Waals surface area contributed by atoms with E-state index in [1.54, 1.807) is 0 Å². The normalized spacial score (nSPS) is 13.4. The molecule has 2 N–H and O–H groups in total. The van der Waals surface area contributed by atoms with E-state index in [1.807, 2.05) is 54.6 Å². The molecule has 5 heteroatoms. The van der Waals surface area contributed by atoms with Gasteiger partial charge in [0.1, 0.15) is 12.3 Å². The molecule has 0 spiro atoms. The lowest BCUT2D eigenvalue weighted by Gasteiger charge is -2.17. The lowest BCUT2D eigenvalue weighted by Crippen LogP contribution is -2.01. The summed E-state index contributed by atoms with van der Waals surface area (Å²) in [6, 6.07) is 17.7. The zero-order chi connectivity index (χ0) is 20.2. The molecule has 2 aromatic rings. The number of rotatable bonds is 6. The van der Waals surface area contributed by atoms with E-state index in [9.17, 15) is 0 Å². The van der Waals surface area contributed by atoms with Crippen LogP contribution in [0.15, 0.2) is 89.1 Å². The molecule has 2 aromatic carbocycles. The van der Waals surface area contributed by atoms with Crippen LogP contribution in [0.5, 0.6) is 0 Å². The van der Waals surface area contributed by atoms with Gasteiger partial charge in [-0.15, -0.1) is 0 Å². The van der Waals surface area contributed by atoms with Gasteiger partial charge in [0.25, 0.3) is 0 Å². The van der Waals surface area contributed by atoms with Crippen LogP contribution in [0, 0.1) is 0 Å². The number of ether oxygens (including phenoxy) is 1. The molecule has 28 heavy (non-hydrogen) atoms. The minimum absolute atomic E-state index is 0.250. The average Bonchev–Trinajstić information content (AvgIpc) is 2.73. The number of hydrogen-bond donors (Lipinski definition) is 1. The SMILES string of the molecule is C=N/C(C1=CC=CCC1)=C(\OCc1ccccc1)c1cccc(Cl)c1.NC=O. The number of nitrogens with two attached hydrogens (primary N) is 1. The summed E-state index contributed by atoms with van der Waals surface area (Å²) in [7, 11) is 0. The third kappa shape index (κ3) is 6.25. The first-order valence-corrected chi connectivity index (χ1v) is 9.22. The molecule has 0 saturated carbocycles. The fourth-order valence-corrected chi connectivity index (χ4v) is 2.96. The molecule has 0 aromatic heterocycles. The predicted molar refractivity (Wildman–Crippen MR) is 116 cm³/mol. The average molecular weight is 395 g/mol. The fraction of sp³-hybridized carbons (Fsp3) is 0.130. The Balaban J connectivity index is 0.000000878.